The van der Waals surface area contributed by atoms with E-state index in [0.29, 0.717) is 19.8 Å². The summed E-state index contributed by atoms with van der Waals surface area (Å²) in [5.74, 6) is 0. The van der Waals surface area contributed by atoms with Crippen LogP contribution in [-0.4, -0.2) is 20.3 Å². The molecule has 2 heteroatoms. The first-order valence-electron chi connectivity index (χ1n) is 7.60. The lowest BCUT2D eigenvalue weighted by Crippen LogP contribution is -2.02. The fourth-order valence-corrected chi connectivity index (χ4v) is 3.25. The molecule has 0 N–H and O–H groups in total. The predicted molar refractivity (Wildman–Crippen MR) is 91.7 cm³/mol. The van der Waals surface area contributed by atoms with E-state index in [2.05, 4.69) is 54.6 Å². The molecule has 0 saturated heterocycles. The van der Waals surface area contributed by atoms with E-state index in [1.165, 1.54) is 37.9 Å². The first-order valence-corrected chi connectivity index (χ1v) is 7.60. The number of hydrogen-bond acceptors (Lipinski definition) is 2. The molecule has 0 radical (unpaired) electrons. The standard InChI is InChI=1S/C20H18O2/c1-21-11-12-22-13-17-8-7-16-6-5-14-3-2-4-15-9-10-18(17)20(16)19(14)15/h2-10H,11-13H2,1H3. The van der Waals surface area contributed by atoms with Gasteiger partial charge in [-0.3, -0.25) is 0 Å². The summed E-state index contributed by atoms with van der Waals surface area (Å²) >= 11 is 0. The average Bonchev–Trinajstić information content (AvgIpc) is 2.57. The molecule has 4 rings (SSSR count). The quantitative estimate of drug-likeness (QED) is 0.390. The highest BCUT2D eigenvalue weighted by Crippen LogP contribution is 2.35. The van der Waals surface area contributed by atoms with Crippen LogP contribution in [0.3, 0.4) is 0 Å². The minimum absolute atomic E-state index is 0.623. The van der Waals surface area contributed by atoms with Crippen molar-refractivity contribution < 1.29 is 9.47 Å². The van der Waals surface area contributed by atoms with Gasteiger partial charge in [0.1, 0.15) is 0 Å². The molecule has 0 bridgehead atoms. The smallest absolute Gasteiger partial charge is 0.0724 e. The molecular formula is C20H18O2. The maximum atomic E-state index is 5.73. The fraction of sp³-hybridized carbons (Fsp3) is 0.200. The van der Waals surface area contributed by atoms with Gasteiger partial charge in [-0.1, -0.05) is 54.6 Å². The molecule has 4 aromatic carbocycles. The molecule has 0 aliphatic carbocycles. The van der Waals surface area contributed by atoms with Crippen LogP contribution in [0.2, 0.25) is 0 Å². The van der Waals surface area contributed by atoms with Gasteiger partial charge in [0.15, 0.2) is 0 Å². The van der Waals surface area contributed by atoms with Crippen LogP contribution in [0, 0.1) is 0 Å². The van der Waals surface area contributed by atoms with Gasteiger partial charge in [0.2, 0.25) is 0 Å². The molecule has 0 spiro atoms. The van der Waals surface area contributed by atoms with Crippen LogP contribution in [-0.2, 0) is 16.1 Å². The normalized spacial score (nSPS) is 11.9. The van der Waals surface area contributed by atoms with E-state index < -0.39 is 0 Å². The molecule has 0 heterocycles. The zero-order chi connectivity index (χ0) is 14.9. The maximum Gasteiger partial charge on any atom is 0.0724 e. The van der Waals surface area contributed by atoms with Crippen LogP contribution in [0.25, 0.3) is 32.3 Å². The molecule has 0 fully saturated rings. The van der Waals surface area contributed by atoms with Gasteiger partial charge in [-0.25, -0.2) is 0 Å². The molecule has 0 aliphatic rings. The Kier molecular flexibility index (Phi) is 3.41. The van der Waals surface area contributed by atoms with Gasteiger partial charge in [-0.15, -0.1) is 0 Å². The third kappa shape index (κ3) is 2.12. The summed E-state index contributed by atoms with van der Waals surface area (Å²) in [5, 5.41) is 7.89. The molecule has 110 valence electrons. The second-order valence-corrected chi connectivity index (χ2v) is 5.63. The molecule has 22 heavy (non-hydrogen) atoms. The van der Waals surface area contributed by atoms with Gasteiger partial charge in [0.25, 0.3) is 0 Å². The van der Waals surface area contributed by atoms with Crippen molar-refractivity contribution in [1.82, 2.24) is 0 Å². The highest BCUT2D eigenvalue weighted by atomic mass is 16.5. The summed E-state index contributed by atoms with van der Waals surface area (Å²) in [7, 11) is 1.69. The Morgan fingerprint density at radius 3 is 2.18 bits per heavy atom. The Morgan fingerprint density at radius 2 is 1.41 bits per heavy atom. The highest BCUT2D eigenvalue weighted by molar-refractivity contribution is 6.23. The van der Waals surface area contributed by atoms with Crippen molar-refractivity contribution in [2.75, 3.05) is 20.3 Å². The molecule has 0 saturated carbocycles. The van der Waals surface area contributed by atoms with Gasteiger partial charge in [-0.05, 0) is 37.9 Å². The number of benzene rings is 4. The Bertz CT molecular complexity index is 911. The lowest BCUT2D eigenvalue weighted by Gasteiger charge is -2.14. The number of rotatable bonds is 5. The van der Waals surface area contributed by atoms with E-state index in [9.17, 15) is 0 Å². The third-order valence-electron chi connectivity index (χ3n) is 4.31. The van der Waals surface area contributed by atoms with Gasteiger partial charge in [-0.2, -0.15) is 0 Å². The Balaban J connectivity index is 1.89. The van der Waals surface area contributed by atoms with E-state index in [0.717, 1.165) is 0 Å². The third-order valence-corrected chi connectivity index (χ3v) is 4.31. The lowest BCUT2D eigenvalue weighted by atomic mass is 9.92. The summed E-state index contributed by atoms with van der Waals surface area (Å²) in [4.78, 5) is 0. The van der Waals surface area contributed by atoms with E-state index in [4.69, 9.17) is 9.47 Å². The molecule has 0 unspecified atom stereocenters. The monoisotopic (exact) mass is 290 g/mol. The van der Waals surface area contributed by atoms with Crippen molar-refractivity contribution in [2.45, 2.75) is 6.61 Å². The molecule has 0 aromatic heterocycles. The van der Waals surface area contributed by atoms with Gasteiger partial charge >= 0.3 is 0 Å². The Morgan fingerprint density at radius 1 is 0.727 bits per heavy atom. The van der Waals surface area contributed by atoms with Crippen molar-refractivity contribution in [2.24, 2.45) is 0 Å². The van der Waals surface area contributed by atoms with Crippen LogP contribution >= 0.6 is 0 Å². The van der Waals surface area contributed by atoms with Crippen LogP contribution in [0.5, 0.6) is 0 Å². The Hall–Kier alpha value is -2.16. The topological polar surface area (TPSA) is 18.5 Å². The summed E-state index contributed by atoms with van der Waals surface area (Å²) in [6.07, 6.45) is 0. The van der Waals surface area contributed by atoms with Crippen LogP contribution in [0.1, 0.15) is 5.56 Å². The minimum atomic E-state index is 0.623. The maximum absolute atomic E-state index is 5.73. The van der Waals surface area contributed by atoms with Crippen LogP contribution in [0.15, 0.2) is 54.6 Å². The van der Waals surface area contributed by atoms with Crippen LogP contribution < -0.4 is 0 Å². The summed E-state index contributed by atoms with van der Waals surface area (Å²) in [6, 6.07) is 19.7. The molecule has 0 aliphatic heterocycles. The van der Waals surface area contributed by atoms with Crippen molar-refractivity contribution in [3.8, 4) is 0 Å². The van der Waals surface area contributed by atoms with E-state index >= 15 is 0 Å². The van der Waals surface area contributed by atoms with Gasteiger partial charge in [0, 0.05) is 7.11 Å². The predicted octanol–water partition coefficient (Wildman–Crippen LogP) is 4.75. The van der Waals surface area contributed by atoms with Crippen molar-refractivity contribution in [3.05, 3.63) is 60.2 Å². The second-order valence-electron chi connectivity index (χ2n) is 5.63. The van der Waals surface area contributed by atoms with Crippen molar-refractivity contribution in [3.63, 3.8) is 0 Å². The largest absolute Gasteiger partial charge is 0.382 e. The molecular weight excluding hydrogens is 272 g/mol. The number of hydrogen-bond donors (Lipinski definition) is 0. The zero-order valence-corrected chi connectivity index (χ0v) is 12.6. The summed E-state index contributed by atoms with van der Waals surface area (Å²) in [5.41, 5.74) is 1.24. The van der Waals surface area contributed by atoms with Gasteiger partial charge in [0.05, 0.1) is 19.8 Å². The second kappa shape index (κ2) is 5.56. The first-order chi connectivity index (χ1) is 10.9. The fourth-order valence-electron chi connectivity index (χ4n) is 3.25. The lowest BCUT2D eigenvalue weighted by molar-refractivity contribution is 0.0621. The minimum Gasteiger partial charge on any atom is -0.382 e. The molecule has 2 nitrogen and oxygen atoms in total. The number of ether oxygens (including phenoxy) is 2. The molecule has 4 aromatic rings. The molecule has 0 amide bonds. The average molecular weight is 290 g/mol. The number of methoxy groups -OCH3 is 1. The Labute approximate surface area is 129 Å². The summed E-state index contributed by atoms with van der Waals surface area (Å²) in [6.45, 7) is 1.88. The highest BCUT2D eigenvalue weighted by Gasteiger charge is 2.10. The van der Waals surface area contributed by atoms with Crippen LogP contribution in [0.4, 0.5) is 0 Å². The summed E-state index contributed by atoms with van der Waals surface area (Å²) < 4.78 is 10.8. The first kappa shape index (κ1) is 13.5. The molecule has 0 atom stereocenters. The van der Waals surface area contributed by atoms with E-state index in [1.54, 1.807) is 7.11 Å². The van der Waals surface area contributed by atoms with Crippen molar-refractivity contribution in [1.29, 1.82) is 0 Å². The SMILES string of the molecule is COCCOCc1ccc2ccc3cccc4ccc1c2c34. The van der Waals surface area contributed by atoms with Crippen molar-refractivity contribution >= 4 is 32.3 Å². The van der Waals surface area contributed by atoms with E-state index in [-0.39, 0.29) is 0 Å². The van der Waals surface area contributed by atoms with Gasteiger partial charge < -0.3 is 9.47 Å². The zero-order valence-electron chi connectivity index (χ0n) is 12.6. The van der Waals surface area contributed by atoms with E-state index in [1.807, 2.05) is 0 Å².